The number of carbonyl (C=O) groups is 2. The molecule has 0 saturated carbocycles. The quantitative estimate of drug-likeness (QED) is 0.843. The zero-order valence-corrected chi connectivity index (χ0v) is 17.4. The monoisotopic (exact) mass is 395 g/mol. The van der Waals surface area contributed by atoms with Crippen molar-refractivity contribution in [2.45, 2.75) is 39.9 Å². The minimum atomic E-state index is -0.781. The fourth-order valence-electron chi connectivity index (χ4n) is 6.20. The van der Waals surface area contributed by atoms with E-state index in [-0.39, 0.29) is 23.4 Å². The molecular weight excluding hydrogens is 366 g/mol. The molecule has 6 nitrogen and oxygen atoms in total. The molecule has 0 spiro atoms. The Bertz CT molecular complexity index is 992. The normalized spacial score (nSPS) is 35.7. The molecule has 4 fully saturated rings. The summed E-state index contributed by atoms with van der Waals surface area (Å²) in [6, 6.07) is 8.27. The lowest BCUT2D eigenvalue weighted by Gasteiger charge is -2.66. The first-order chi connectivity index (χ1) is 13.7. The average Bonchev–Trinajstić information content (AvgIpc) is 3.02. The molecule has 154 valence electrons. The van der Waals surface area contributed by atoms with E-state index in [0.29, 0.717) is 18.2 Å². The molecule has 6 heteroatoms. The van der Waals surface area contributed by atoms with Gasteiger partial charge in [-0.15, -0.1) is 0 Å². The molecule has 5 heterocycles. The van der Waals surface area contributed by atoms with Gasteiger partial charge in [0.25, 0.3) is 0 Å². The summed E-state index contributed by atoms with van der Waals surface area (Å²) in [7, 11) is 0. The number of nitrogens with zero attached hydrogens (tertiary/aromatic N) is 3. The number of carboxylic acid groups (broad SMARTS) is 1. The Balaban J connectivity index is 1.58. The number of hydrogen-bond acceptors (Lipinski definition) is 4. The van der Waals surface area contributed by atoms with Gasteiger partial charge in [-0.1, -0.05) is 39.0 Å². The van der Waals surface area contributed by atoms with E-state index in [1.807, 2.05) is 6.07 Å². The number of carboxylic acids is 1. The molecule has 4 aliphatic rings. The Kier molecular flexibility index (Phi) is 4.00. The van der Waals surface area contributed by atoms with Gasteiger partial charge in [-0.2, -0.15) is 0 Å². The van der Waals surface area contributed by atoms with Gasteiger partial charge in [-0.25, -0.2) is 0 Å². The van der Waals surface area contributed by atoms with Gasteiger partial charge < -0.3 is 9.67 Å². The van der Waals surface area contributed by atoms with Gasteiger partial charge in [0.2, 0.25) is 0 Å². The average molecular weight is 396 g/mol. The second-order valence-electron chi connectivity index (χ2n) is 9.82. The summed E-state index contributed by atoms with van der Waals surface area (Å²) < 4.78 is 2.08. The summed E-state index contributed by atoms with van der Waals surface area (Å²) in [5, 5.41) is 10.3. The molecule has 1 aromatic heterocycles. The number of piperidine rings is 2. The van der Waals surface area contributed by atoms with Crippen LogP contribution in [0.15, 0.2) is 30.5 Å². The number of aromatic nitrogens is 1. The highest BCUT2D eigenvalue weighted by Crippen LogP contribution is 2.55. The van der Waals surface area contributed by atoms with E-state index in [1.54, 1.807) is 0 Å². The van der Waals surface area contributed by atoms with Crippen LogP contribution >= 0.6 is 0 Å². The van der Waals surface area contributed by atoms with Crippen molar-refractivity contribution in [3.05, 3.63) is 36.0 Å². The van der Waals surface area contributed by atoms with Crippen molar-refractivity contribution < 1.29 is 14.7 Å². The number of Topliss-reactive ketones (excluding diaryl/α,β-unsaturated/α-hetero) is 1. The molecule has 4 saturated heterocycles. The standard InChI is InChI=1S/C23H29N3O3/c1-15(2)23-13-25-11-22(3,21(23)29)12-26(14-23)20(25)17-10-24(9-8-19(27)28)18-7-5-4-6-16(17)18/h4-7,10,15,20H,8-9,11-14H2,1-3H3,(H,27,28). The number of aryl methyl sites for hydroxylation is 1. The smallest absolute Gasteiger partial charge is 0.305 e. The van der Waals surface area contributed by atoms with Crippen LogP contribution in [0.1, 0.15) is 38.9 Å². The maximum absolute atomic E-state index is 13.4. The number of carbonyl (C=O) groups excluding carboxylic acids is 1. The molecule has 2 aromatic rings. The van der Waals surface area contributed by atoms with Gasteiger partial charge in [-0.05, 0) is 12.0 Å². The maximum Gasteiger partial charge on any atom is 0.305 e. The van der Waals surface area contributed by atoms with E-state index >= 15 is 0 Å². The van der Waals surface area contributed by atoms with Crippen LogP contribution in [-0.2, 0) is 16.1 Å². The molecule has 4 bridgehead atoms. The zero-order valence-electron chi connectivity index (χ0n) is 17.4. The molecule has 1 N–H and O–H groups in total. The fraction of sp³-hybridized carbons (Fsp3) is 0.565. The fourth-order valence-corrected chi connectivity index (χ4v) is 6.20. The molecule has 2 atom stereocenters. The molecular formula is C23H29N3O3. The van der Waals surface area contributed by atoms with Crippen LogP contribution in [0, 0.1) is 16.7 Å². The van der Waals surface area contributed by atoms with Gasteiger partial charge in [0.1, 0.15) is 5.78 Å². The van der Waals surface area contributed by atoms with Gasteiger partial charge in [0.15, 0.2) is 0 Å². The Morgan fingerprint density at radius 1 is 1.17 bits per heavy atom. The molecule has 0 amide bonds. The van der Waals surface area contributed by atoms with Gasteiger partial charge in [0.05, 0.1) is 23.4 Å². The molecule has 6 rings (SSSR count). The highest BCUT2D eigenvalue weighted by atomic mass is 16.4. The zero-order chi connectivity index (χ0) is 20.6. The summed E-state index contributed by atoms with van der Waals surface area (Å²) in [5.74, 6) is -0.00983. The predicted octanol–water partition coefficient (Wildman–Crippen LogP) is 2.98. The van der Waals surface area contributed by atoms with Crippen LogP contribution in [0.5, 0.6) is 0 Å². The van der Waals surface area contributed by atoms with Crippen molar-refractivity contribution in [2.75, 3.05) is 26.2 Å². The minimum absolute atomic E-state index is 0.110. The van der Waals surface area contributed by atoms with Gasteiger partial charge in [0, 0.05) is 55.4 Å². The first kappa shape index (κ1) is 18.8. The van der Waals surface area contributed by atoms with Crippen molar-refractivity contribution >= 4 is 22.7 Å². The summed E-state index contributed by atoms with van der Waals surface area (Å²) in [6.45, 7) is 10.2. The van der Waals surface area contributed by atoms with Crippen molar-refractivity contribution in [1.82, 2.24) is 14.4 Å². The molecule has 4 aliphatic heterocycles. The lowest BCUT2D eigenvalue weighted by molar-refractivity contribution is -0.207. The van der Waals surface area contributed by atoms with E-state index in [0.717, 1.165) is 31.7 Å². The largest absolute Gasteiger partial charge is 0.481 e. The van der Waals surface area contributed by atoms with Crippen LogP contribution in [0.4, 0.5) is 0 Å². The Morgan fingerprint density at radius 2 is 1.83 bits per heavy atom. The highest BCUT2D eigenvalue weighted by molar-refractivity contribution is 5.93. The SMILES string of the molecule is CC(C)C12CN3CC(C)(CN(C1)C3c1cn(CCC(=O)O)c3ccccc13)C2=O. The predicted molar refractivity (Wildman–Crippen MR) is 110 cm³/mol. The highest BCUT2D eigenvalue weighted by Gasteiger charge is 2.64. The van der Waals surface area contributed by atoms with Crippen molar-refractivity contribution in [3.8, 4) is 0 Å². The first-order valence-electron chi connectivity index (χ1n) is 10.6. The van der Waals surface area contributed by atoms with E-state index < -0.39 is 5.97 Å². The summed E-state index contributed by atoms with van der Waals surface area (Å²) in [5.41, 5.74) is 1.75. The number of hydrogen-bond donors (Lipinski definition) is 1. The van der Waals surface area contributed by atoms with Crippen molar-refractivity contribution in [1.29, 1.82) is 0 Å². The van der Waals surface area contributed by atoms with Gasteiger partial charge in [-0.3, -0.25) is 19.4 Å². The van der Waals surface area contributed by atoms with E-state index in [1.165, 1.54) is 10.9 Å². The van der Waals surface area contributed by atoms with Crippen LogP contribution < -0.4 is 0 Å². The third-order valence-corrected chi connectivity index (χ3v) is 7.54. The number of fused-ring (bicyclic) bond motifs is 1. The summed E-state index contributed by atoms with van der Waals surface area (Å²) in [6.07, 6.45) is 2.41. The first-order valence-corrected chi connectivity index (χ1v) is 10.6. The van der Waals surface area contributed by atoms with Crippen molar-refractivity contribution in [3.63, 3.8) is 0 Å². The Morgan fingerprint density at radius 3 is 2.45 bits per heavy atom. The third kappa shape index (κ3) is 2.55. The van der Waals surface area contributed by atoms with Crippen LogP contribution in [0.25, 0.3) is 10.9 Å². The molecule has 2 unspecified atom stereocenters. The lowest BCUT2D eigenvalue weighted by atomic mass is 9.57. The van der Waals surface area contributed by atoms with Crippen LogP contribution in [0.3, 0.4) is 0 Å². The van der Waals surface area contributed by atoms with E-state index in [9.17, 15) is 9.59 Å². The Labute approximate surface area is 171 Å². The molecule has 1 aromatic carbocycles. The van der Waals surface area contributed by atoms with Crippen LogP contribution in [0.2, 0.25) is 0 Å². The van der Waals surface area contributed by atoms with E-state index in [2.05, 4.69) is 59.5 Å². The lowest BCUT2D eigenvalue weighted by Crippen LogP contribution is -2.77. The maximum atomic E-state index is 13.4. The number of benzene rings is 1. The van der Waals surface area contributed by atoms with Crippen LogP contribution in [-0.4, -0.2) is 57.4 Å². The second kappa shape index (κ2) is 6.16. The molecule has 29 heavy (non-hydrogen) atoms. The Hall–Kier alpha value is -2.18. The number of aliphatic carboxylic acids is 1. The number of ketones is 1. The molecule has 0 radical (unpaired) electrons. The number of para-hydroxylation sites is 1. The van der Waals surface area contributed by atoms with Gasteiger partial charge >= 0.3 is 5.97 Å². The van der Waals surface area contributed by atoms with E-state index in [4.69, 9.17) is 5.11 Å². The minimum Gasteiger partial charge on any atom is -0.481 e. The summed E-state index contributed by atoms with van der Waals surface area (Å²) >= 11 is 0. The third-order valence-electron chi connectivity index (χ3n) is 7.54. The van der Waals surface area contributed by atoms with Crippen molar-refractivity contribution in [2.24, 2.45) is 16.7 Å². The number of rotatable bonds is 5. The molecule has 0 aliphatic carbocycles. The second-order valence-corrected chi connectivity index (χ2v) is 9.82. The topological polar surface area (TPSA) is 65.8 Å². The summed E-state index contributed by atoms with van der Waals surface area (Å²) in [4.78, 5) is 29.5.